The van der Waals surface area contributed by atoms with Crippen LogP contribution in [0, 0.1) is 5.82 Å². The predicted molar refractivity (Wildman–Crippen MR) is 60.9 cm³/mol. The van der Waals surface area contributed by atoms with Gasteiger partial charge < -0.3 is 10.5 Å². The molecule has 0 radical (unpaired) electrons. The zero-order valence-corrected chi connectivity index (χ0v) is 9.63. The minimum Gasteiger partial charge on any atom is -0.455 e. The van der Waals surface area contributed by atoms with E-state index in [2.05, 4.69) is 10.3 Å². The monoisotopic (exact) mass is 250 g/mol. The number of nitrogens with zero attached hydrogens (tertiary/aromatic N) is 3. The maximum Gasteiger partial charge on any atom is 0.340 e. The molecule has 0 saturated carbocycles. The summed E-state index contributed by atoms with van der Waals surface area (Å²) >= 11 is 0. The number of nitrogen functional groups attached to an aromatic ring is 1. The quantitative estimate of drug-likeness (QED) is 0.646. The van der Waals surface area contributed by atoms with E-state index < -0.39 is 11.8 Å². The molecule has 1 aromatic heterocycles. The van der Waals surface area contributed by atoms with Gasteiger partial charge in [-0.05, 0) is 18.2 Å². The van der Waals surface area contributed by atoms with Gasteiger partial charge in [0.05, 0.1) is 11.8 Å². The number of halogens is 1. The van der Waals surface area contributed by atoms with Crippen molar-refractivity contribution in [3.63, 3.8) is 0 Å². The first-order valence-electron chi connectivity index (χ1n) is 5.13. The van der Waals surface area contributed by atoms with Crippen molar-refractivity contribution in [1.82, 2.24) is 15.0 Å². The second-order valence-corrected chi connectivity index (χ2v) is 3.69. The molecule has 1 heterocycles. The molecule has 0 unspecified atom stereocenters. The molecule has 18 heavy (non-hydrogen) atoms. The fraction of sp³-hybridized carbons (Fsp3) is 0.182. The number of carbonyl (C=O) groups is 1. The highest BCUT2D eigenvalue weighted by molar-refractivity contribution is 5.94. The lowest BCUT2D eigenvalue weighted by atomic mass is 10.2. The number of esters is 1. The third-order valence-corrected chi connectivity index (χ3v) is 2.23. The van der Waals surface area contributed by atoms with Crippen LogP contribution in [0.15, 0.2) is 24.4 Å². The third-order valence-electron chi connectivity index (χ3n) is 2.23. The average molecular weight is 250 g/mol. The van der Waals surface area contributed by atoms with Crippen molar-refractivity contribution >= 4 is 11.7 Å². The van der Waals surface area contributed by atoms with Gasteiger partial charge in [0.2, 0.25) is 0 Å². The standard InChI is InChI=1S/C11H11FN4O2/c1-16-5-8(14-15-16)6-18-11(17)9-3-2-7(12)4-10(9)13/h2-5H,6,13H2,1H3. The molecule has 7 heteroatoms. The lowest BCUT2D eigenvalue weighted by Gasteiger charge is -2.05. The van der Waals surface area contributed by atoms with Crippen molar-refractivity contribution in [3.8, 4) is 0 Å². The Balaban J connectivity index is 2.03. The second-order valence-electron chi connectivity index (χ2n) is 3.69. The molecule has 94 valence electrons. The molecule has 0 bridgehead atoms. The van der Waals surface area contributed by atoms with Gasteiger partial charge in [0, 0.05) is 12.7 Å². The van der Waals surface area contributed by atoms with Crippen LogP contribution in [-0.2, 0) is 18.4 Å². The van der Waals surface area contributed by atoms with Gasteiger partial charge in [0.25, 0.3) is 0 Å². The first kappa shape index (κ1) is 12.0. The van der Waals surface area contributed by atoms with E-state index >= 15 is 0 Å². The summed E-state index contributed by atoms with van der Waals surface area (Å²) in [7, 11) is 1.70. The molecule has 0 spiro atoms. The summed E-state index contributed by atoms with van der Waals surface area (Å²) in [5.74, 6) is -1.13. The van der Waals surface area contributed by atoms with Crippen LogP contribution in [0.25, 0.3) is 0 Å². The number of hydrogen-bond acceptors (Lipinski definition) is 5. The Hall–Kier alpha value is -2.44. The largest absolute Gasteiger partial charge is 0.455 e. The Bertz CT molecular complexity index is 582. The van der Waals surface area contributed by atoms with Crippen molar-refractivity contribution in [2.75, 3.05) is 5.73 Å². The van der Waals surface area contributed by atoms with Gasteiger partial charge in [0.15, 0.2) is 0 Å². The van der Waals surface area contributed by atoms with Crippen LogP contribution in [0.4, 0.5) is 10.1 Å². The van der Waals surface area contributed by atoms with Gasteiger partial charge in [-0.2, -0.15) is 0 Å². The van der Waals surface area contributed by atoms with Gasteiger partial charge in [-0.15, -0.1) is 5.10 Å². The van der Waals surface area contributed by atoms with Gasteiger partial charge in [-0.3, -0.25) is 4.68 Å². The number of ether oxygens (including phenoxy) is 1. The zero-order chi connectivity index (χ0) is 13.1. The molecule has 0 aliphatic heterocycles. The molecular weight excluding hydrogens is 239 g/mol. The molecule has 1 aromatic carbocycles. The zero-order valence-electron chi connectivity index (χ0n) is 9.63. The third kappa shape index (κ3) is 2.62. The highest BCUT2D eigenvalue weighted by Crippen LogP contribution is 2.15. The van der Waals surface area contributed by atoms with E-state index in [0.717, 1.165) is 12.1 Å². The van der Waals surface area contributed by atoms with Crippen LogP contribution in [0.5, 0.6) is 0 Å². The van der Waals surface area contributed by atoms with E-state index in [1.54, 1.807) is 13.2 Å². The molecule has 2 aromatic rings. The SMILES string of the molecule is Cn1cc(COC(=O)c2ccc(F)cc2N)nn1. The fourth-order valence-corrected chi connectivity index (χ4v) is 1.40. The van der Waals surface area contributed by atoms with Crippen LogP contribution in [0.3, 0.4) is 0 Å². The van der Waals surface area contributed by atoms with Gasteiger partial charge >= 0.3 is 5.97 Å². The molecular formula is C11H11FN4O2. The smallest absolute Gasteiger partial charge is 0.340 e. The number of anilines is 1. The topological polar surface area (TPSA) is 83.0 Å². The number of nitrogens with two attached hydrogens (primary N) is 1. The van der Waals surface area contributed by atoms with E-state index in [9.17, 15) is 9.18 Å². The van der Waals surface area contributed by atoms with E-state index in [-0.39, 0.29) is 17.9 Å². The fourth-order valence-electron chi connectivity index (χ4n) is 1.40. The Kier molecular flexibility index (Phi) is 3.22. The van der Waals surface area contributed by atoms with E-state index in [1.165, 1.54) is 10.7 Å². The van der Waals surface area contributed by atoms with Crippen LogP contribution in [-0.4, -0.2) is 21.0 Å². The van der Waals surface area contributed by atoms with E-state index in [1.807, 2.05) is 0 Å². The number of benzene rings is 1. The molecule has 6 nitrogen and oxygen atoms in total. The maximum absolute atomic E-state index is 12.8. The summed E-state index contributed by atoms with van der Waals surface area (Å²) in [5.41, 5.74) is 6.21. The lowest BCUT2D eigenvalue weighted by Crippen LogP contribution is -2.08. The number of hydrogen-bond donors (Lipinski definition) is 1. The summed E-state index contributed by atoms with van der Waals surface area (Å²) in [6.45, 7) is -0.0104. The van der Waals surface area contributed by atoms with Crippen molar-refractivity contribution in [2.24, 2.45) is 7.05 Å². The minimum atomic E-state index is -0.627. The number of aryl methyl sites for hydroxylation is 1. The maximum atomic E-state index is 12.8. The van der Waals surface area contributed by atoms with Crippen LogP contribution in [0.2, 0.25) is 0 Å². The van der Waals surface area contributed by atoms with Crippen molar-refractivity contribution in [3.05, 3.63) is 41.5 Å². The highest BCUT2D eigenvalue weighted by Gasteiger charge is 2.12. The van der Waals surface area contributed by atoms with E-state index in [0.29, 0.717) is 5.69 Å². The number of rotatable bonds is 3. The summed E-state index contributed by atoms with van der Waals surface area (Å²) in [5, 5.41) is 7.46. The molecule has 0 fully saturated rings. The first-order chi connectivity index (χ1) is 8.56. The Labute approximate surface area is 102 Å². The van der Waals surface area contributed by atoms with Crippen LogP contribution in [0.1, 0.15) is 16.1 Å². The number of aromatic nitrogens is 3. The second kappa shape index (κ2) is 4.82. The Morgan fingerprint density at radius 2 is 2.33 bits per heavy atom. The molecule has 0 aliphatic carbocycles. The van der Waals surface area contributed by atoms with Crippen molar-refractivity contribution in [2.45, 2.75) is 6.61 Å². The highest BCUT2D eigenvalue weighted by atomic mass is 19.1. The summed E-state index contributed by atoms with van der Waals surface area (Å²) in [6.07, 6.45) is 1.63. The molecule has 2 rings (SSSR count). The van der Waals surface area contributed by atoms with Gasteiger partial charge in [-0.25, -0.2) is 9.18 Å². The van der Waals surface area contributed by atoms with Gasteiger partial charge in [-0.1, -0.05) is 5.21 Å². The summed E-state index contributed by atoms with van der Waals surface area (Å²) in [4.78, 5) is 11.7. The lowest BCUT2D eigenvalue weighted by molar-refractivity contribution is 0.0469. The van der Waals surface area contributed by atoms with Crippen LogP contribution >= 0.6 is 0 Å². The molecule has 0 saturated heterocycles. The molecule has 2 N–H and O–H groups in total. The average Bonchev–Trinajstić information content (AvgIpc) is 2.72. The molecule has 0 atom stereocenters. The summed E-state index contributed by atoms with van der Waals surface area (Å²) in [6, 6.07) is 3.50. The van der Waals surface area contributed by atoms with Gasteiger partial charge in [0.1, 0.15) is 18.1 Å². The number of carbonyl (C=O) groups excluding carboxylic acids is 1. The van der Waals surface area contributed by atoms with Crippen LogP contribution < -0.4 is 5.73 Å². The summed E-state index contributed by atoms with van der Waals surface area (Å²) < 4.78 is 19.3. The van der Waals surface area contributed by atoms with Crippen molar-refractivity contribution < 1.29 is 13.9 Å². The van der Waals surface area contributed by atoms with E-state index in [4.69, 9.17) is 10.5 Å². The molecule has 0 amide bonds. The Morgan fingerprint density at radius 3 is 2.94 bits per heavy atom. The predicted octanol–water partition coefficient (Wildman–Crippen LogP) is 0.893. The normalized spacial score (nSPS) is 10.3. The first-order valence-corrected chi connectivity index (χ1v) is 5.13. The minimum absolute atomic E-state index is 0.0104. The Morgan fingerprint density at radius 1 is 1.56 bits per heavy atom. The molecule has 0 aliphatic rings. The van der Waals surface area contributed by atoms with Crippen molar-refractivity contribution in [1.29, 1.82) is 0 Å².